The van der Waals surface area contributed by atoms with Crippen molar-refractivity contribution in [3.8, 4) is 22.0 Å². The van der Waals surface area contributed by atoms with E-state index in [9.17, 15) is 0 Å². The quantitative estimate of drug-likeness (QED) is 0.351. The zero-order valence-corrected chi connectivity index (χ0v) is 17.4. The molecule has 2 aromatic heterocycles. The number of benzene rings is 2. The van der Waals surface area contributed by atoms with Crippen molar-refractivity contribution in [2.45, 2.75) is 10.9 Å². The van der Waals surface area contributed by atoms with E-state index < -0.39 is 0 Å². The van der Waals surface area contributed by atoms with Gasteiger partial charge in [-0.05, 0) is 18.2 Å². The second-order valence-corrected chi connectivity index (χ2v) is 8.43. The number of aromatic nitrogens is 4. The van der Waals surface area contributed by atoms with E-state index in [1.807, 2.05) is 60.1 Å². The van der Waals surface area contributed by atoms with Crippen LogP contribution in [0.5, 0.6) is 0 Å². The van der Waals surface area contributed by atoms with Gasteiger partial charge in [0.2, 0.25) is 0 Å². The van der Waals surface area contributed by atoms with Crippen LogP contribution in [0.15, 0.2) is 59.1 Å². The van der Waals surface area contributed by atoms with Crippen molar-refractivity contribution in [3.05, 3.63) is 69.7 Å². The molecule has 0 amide bonds. The number of halogens is 2. The van der Waals surface area contributed by atoms with E-state index in [1.165, 1.54) is 0 Å². The fraction of sp³-hybridized carbons (Fsp3) is 0.105. The van der Waals surface area contributed by atoms with Crippen LogP contribution in [0.4, 0.5) is 0 Å². The molecule has 0 aliphatic rings. The number of nitrogens with zero attached hydrogens (tertiary/aromatic N) is 4. The van der Waals surface area contributed by atoms with Gasteiger partial charge in [0.05, 0.1) is 10.7 Å². The maximum Gasteiger partial charge on any atom is 0.191 e. The number of hydrogen-bond donors (Lipinski definition) is 0. The van der Waals surface area contributed by atoms with Gasteiger partial charge in [-0.2, -0.15) is 0 Å². The van der Waals surface area contributed by atoms with Gasteiger partial charge in [0.1, 0.15) is 5.01 Å². The summed E-state index contributed by atoms with van der Waals surface area (Å²) >= 11 is 15.5. The summed E-state index contributed by atoms with van der Waals surface area (Å²) in [4.78, 5) is 4.70. The van der Waals surface area contributed by atoms with Crippen molar-refractivity contribution in [2.24, 2.45) is 7.05 Å². The monoisotopic (exact) mass is 432 g/mol. The Bertz CT molecular complexity index is 1090. The summed E-state index contributed by atoms with van der Waals surface area (Å²) in [5, 5.41) is 13.8. The summed E-state index contributed by atoms with van der Waals surface area (Å²) in [6.07, 6.45) is 0. The molecule has 4 nitrogen and oxygen atoms in total. The predicted octanol–water partition coefficient (Wildman–Crippen LogP) is 6.20. The molecular formula is C19H14Cl2N4S2. The van der Waals surface area contributed by atoms with Crippen LogP contribution in [-0.2, 0) is 12.8 Å². The van der Waals surface area contributed by atoms with Gasteiger partial charge in [0.15, 0.2) is 11.0 Å². The van der Waals surface area contributed by atoms with Gasteiger partial charge in [-0.1, -0.05) is 65.3 Å². The third-order valence-corrected chi connectivity index (χ3v) is 6.47. The molecule has 4 aromatic rings. The van der Waals surface area contributed by atoms with Crippen LogP contribution in [-0.4, -0.2) is 19.7 Å². The minimum absolute atomic E-state index is 0.680. The number of thiazole rings is 1. The summed E-state index contributed by atoms with van der Waals surface area (Å²) in [7, 11) is 1.95. The molecule has 0 radical (unpaired) electrons. The zero-order chi connectivity index (χ0) is 18.8. The average molecular weight is 433 g/mol. The van der Waals surface area contributed by atoms with Crippen LogP contribution in [0.2, 0.25) is 10.0 Å². The summed E-state index contributed by atoms with van der Waals surface area (Å²) < 4.78 is 1.97. The van der Waals surface area contributed by atoms with E-state index >= 15 is 0 Å². The Labute approximate surface area is 175 Å². The highest BCUT2D eigenvalue weighted by Gasteiger charge is 2.13. The highest BCUT2D eigenvalue weighted by molar-refractivity contribution is 7.98. The van der Waals surface area contributed by atoms with Gasteiger partial charge < -0.3 is 4.57 Å². The Morgan fingerprint density at radius 2 is 1.93 bits per heavy atom. The molecule has 0 bridgehead atoms. The van der Waals surface area contributed by atoms with E-state index in [0.717, 1.165) is 32.8 Å². The third kappa shape index (κ3) is 4.04. The largest absolute Gasteiger partial charge is 0.305 e. The molecule has 2 heterocycles. The highest BCUT2D eigenvalue weighted by atomic mass is 35.5. The van der Waals surface area contributed by atoms with Crippen molar-refractivity contribution in [2.75, 3.05) is 0 Å². The molecule has 2 aromatic carbocycles. The second-order valence-electron chi connectivity index (χ2n) is 5.79. The minimum Gasteiger partial charge on any atom is -0.305 e. The fourth-order valence-corrected chi connectivity index (χ4v) is 4.83. The number of thioether (sulfide) groups is 1. The summed E-state index contributed by atoms with van der Waals surface area (Å²) in [5.41, 5.74) is 2.90. The van der Waals surface area contributed by atoms with Gasteiger partial charge in [-0.15, -0.1) is 21.5 Å². The Morgan fingerprint density at radius 1 is 1.07 bits per heavy atom. The van der Waals surface area contributed by atoms with E-state index in [-0.39, 0.29) is 0 Å². The second kappa shape index (κ2) is 8.02. The van der Waals surface area contributed by atoms with Crippen LogP contribution >= 0.6 is 46.3 Å². The van der Waals surface area contributed by atoms with E-state index in [4.69, 9.17) is 28.2 Å². The smallest absolute Gasteiger partial charge is 0.191 e. The maximum atomic E-state index is 6.26. The molecule has 8 heteroatoms. The summed E-state index contributed by atoms with van der Waals surface area (Å²) in [6, 6.07) is 15.4. The lowest BCUT2D eigenvalue weighted by Crippen LogP contribution is -1.95. The first kappa shape index (κ1) is 18.5. The lowest BCUT2D eigenvalue weighted by atomic mass is 10.2. The summed E-state index contributed by atoms with van der Waals surface area (Å²) in [5.74, 6) is 1.50. The Hall–Kier alpha value is -1.86. The molecule has 0 atom stereocenters. The molecule has 0 aliphatic carbocycles. The molecule has 0 spiro atoms. The molecule has 0 unspecified atom stereocenters. The highest BCUT2D eigenvalue weighted by Crippen LogP contribution is 2.32. The molecule has 27 heavy (non-hydrogen) atoms. The Balaban J connectivity index is 1.50. The van der Waals surface area contributed by atoms with Gasteiger partial charge in [0, 0.05) is 34.3 Å². The third-order valence-electron chi connectivity index (χ3n) is 3.92. The SMILES string of the molecule is Cn1c(SCc2csc(-c3ccccc3Cl)n2)nnc1-c1cccc(Cl)c1. The van der Waals surface area contributed by atoms with Gasteiger partial charge in [-0.25, -0.2) is 4.98 Å². The van der Waals surface area contributed by atoms with Crippen LogP contribution in [0.25, 0.3) is 22.0 Å². The first-order valence-corrected chi connectivity index (χ1v) is 10.7. The van der Waals surface area contributed by atoms with Gasteiger partial charge >= 0.3 is 0 Å². The lowest BCUT2D eigenvalue weighted by Gasteiger charge is -2.03. The molecule has 4 rings (SSSR count). The van der Waals surface area contributed by atoms with E-state index in [2.05, 4.69) is 15.6 Å². The first-order chi connectivity index (χ1) is 13.1. The standard InChI is InChI=1S/C19H14Cl2N4S2/c1-25-17(12-5-4-6-13(20)9-12)23-24-19(25)27-11-14-10-26-18(22-14)15-7-2-3-8-16(15)21/h2-10H,11H2,1H3. The van der Waals surface area contributed by atoms with Gasteiger partial charge in [0.25, 0.3) is 0 Å². The van der Waals surface area contributed by atoms with Crippen LogP contribution < -0.4 is 0 Å². The van der Waals surface area contributed by atoms with E-state index in [0.29, 0.717) is 15.8 Å². The lowest BCUT2D eigenvalue weighted by molar-refractivity contribution is 0.793. The summed E-state index contributed by atoms with van der Waals surface area (Å²) in [6.45, 7) is 0. The average Bonchev–Trinajstić information content (AvgIpc) is 3.27. The Kier molecular flexibility index (Phi) is 5.50. The molecule has 0 fully saturated rings. The minimum atomic E-state index is 0.680. The molecular weight excluding hydrogens is 419 g/mol. The first-order valence-electron chi connectivity index (χ1n) is 8.09. The van der Waals surface area contributed by atoms with Gasteiger partial charge in [-0.3, -0.25) is 0 Å². The van der Waals surface area contributed by atoms with Crippen molar-refractivity contribution in [1.29, 1.82) is 0 Å². The molecule has 136 valence electrons. The molecule has 0 aliphatic heterocycles. The normalized spacial score (nSPS) is 11.1. The predicted molar refractivity (Wildman–Crippen MR) is 114 cm³/mol. The van der Waals surface area contributed by atoms with Crippen molar-refractivity contribution in [3.63, 3.8) is 0 Å². The van der Waals surface area contributed by atoms with Crippen LogP contribution in [0, 0.1) is 0 Å². The Morgan fingerprint density at radius 3 is 2.74 bits per heavy atom. The van der Waals surface area contributed by atoms with Crippen molar-refractivity contribution >= 4 is 46.3 Å². The number of hydrogen-bond acceptors (Lipinski definition) is 5. The fourth-order valence-electron chi connectivity index (χ4n) is 2.59. The van der Waals surface area contributed by atoms with Crippen LogP contribution in [0.3, 0.4) is 0 Å². The topological polar surface area (TPSA) is 43.6 Å². The van der Waals surface area contributed by atoms with Crippen LogP contribution in [0.1, 0.15) is 5.69 Å². The number of rotatable bonds is 5. The van der Waals surface area contributed by atoms with E-state index in [1.54, 1.807) is 23.1 Å². The maximum absolute atomic E-state index is 6.26. The van der Waals surface area contributed by atoms with Crippen molar-refractivity contribution < 1.29 is 0 Å². The molecule has 0 saturated carbocycles. The molecule has 0 N–H and O–H groups in total. The zero-order valence-electron chi connectivity index (χ0n) is 14.3. The molecule has 0 saturated heterocycles. The van der Waals surface area contributed by atoms with Crippen molar-refractivity contribution in [1.82, 2.24) is 19.7 Å².